The van der Waals surface area contributed by atoms with Crippen molar-refractivity contribution >= 4 is 22.5 Å². The van der Waals surface area contributed by atoms with Gasteiger partial charge in [-0.1, -0.05) is 48.5 Å². The van der Waals surface area contributed by atoms with Crippen LogP contribution in [0.15, 0.2) is 89.1 Å². The van der Waals surface area contributed by atoms with Crippen molar-refractivity contribution in [2.45, 2.75) is 19.9 Å². The lowest BCUT2D eigenvalue weighted by Gasteiger charge is -2.08. The normalized spacial score (nSPS) is 11.2. The zero-order valence-electron chi connectivity index (χ0n) is 18.3. The third-order valence-corrected chi connectivity index (χ3v) is 5.07. The van der Waals surface area contributed by atoms with E-state index in [1.165, 1.54) is 0 Å². The number of para-hydroxylation sites is 2. The average molecular weight is 444 g/mol. The molecule has 0 spiro atoms. The molecule has 0 saturated heterocycles. The molecule has 0 aliphatic carbocycles. The summed E-state index contributed by atoms with van der Waals surface area (Å²) in [4.78, 5) is 12.2. The quantitative estimate of drug-likeness (QED) is 0.261. The molecule has 0 radical (unpaired) electrons. The number of aromatic hydroxyl groups is 1. The number of hydrogen-bond acceptors (Lipinski definition) is 5. The lowest BCUT2D eigenvalue weighted by molar-refractivity contribution is -0.120. The van der Waals surface area contributed by atoms with Gasteiger partial charge >= 0.3 is 5.91 Å². The fourth-order valence-corrected chi connectivity index (χ4v) is 3.51. The fourth-order valence-electron chi connectivity index (χ4n) is 3.51. The molecular formula is C26H25N3O4. The molecule has 4 aromatic rings. The van der Waals surface area contributed by atoms with Gasteiger partial charge in [-0.25, -0.2) is 0 Å². The Balaban J connectivity index is 1.42. The number of nitrogens with zero attached hydrogens (tertiary/aromatic N) is 3. The molecule has 7 heteroatoms. The molecule has 1 N–H and O–H groups in total. The van der Waals surface area contributed by atoms with Crippen LogP contribution in [0.1, 0.15) is 12.0 Å². The van der Waals surface area contributed by atoms with Crippen LogP contribution >= 0.6 is 0 Å². The second-order valence-electron chi connectivity index (χ2n) is 7.55. The van der Waals surface area contributed by atoms with Gasteiger partial charge in [0.15, 0.2) is 12.3 Å². The standard InChI is InChI=1S/C26H25N3O4/c1-19-9-7-12-21(17-19)33-18-24(30)27-28-25-22-13-5-6-14-23(22)29(26(25)31)15-8-16-32-20-10-3-2-4-11-20/h2-7,9-14,17,31H,8,15-16,18H2,1H3. The first kappa shape index (κ1) is 22.1. The summed E-state index contributed by atoms with van der Waals surface area (Å²) in [6.07, 6.45) is 0.682. The zero-order chi connectivity index (χ0) is 23.0. The summed E-state index contributed by atoms with van der Waals surface area (Å²) >= 11 is 0. The second-order valence-corrected chi connectivity index (χ2v) is 7.55. The zero-order valence-corrected chi connectivity index (χ0v) is 18.3. The first-order valence-electron chi connectivity index (χ1n) is 10.7. The van der Waals surface area contributed by atoms with E-state index in [2.05, 4.69) is 10.2 Å². The summed E-state index contributed by atoms with van der Waals surface area (Å²) in [6, 6.07) is 24.5. The van der Waals surface area contributed by atoms with Crippen LogP contribution in [0.4, 0.5) is 5.69 Å². The number of rotatable bonds is 9. The molecule has 168 valence electrons. The Morgan fingerprint density at radius 2 is 1.70 bits per heavy atom. The number of carbonyl (C=O) groups excluding carboxylic acids is 1. The molecule has 1 heterocycles. The number of benzene rings is 3. The molecular weight excluding hydrogens is 418 g/mol. The number of hydrogen-bond donors (Lipinski definition) is 1. The Kier molecular flexibility index (Phi) is 6.99. The smallest absolute Gasteiger partial charge is 0.302 e. The van der Waals surface area contributed by atoms with Crippen LogP contribution in [0, 0.1) is 6.92 Å². The molecule has 0 fully saturated rings. The monoisotopic (exact) mass is 443 g/mol. The van der Waals surface area contributed by atoms with Crippen molar-refractivity contribution in [3.05, 3.63) is 84.4 Å². The van der Waals surface area contributed by atoms with Crippen LogP contribution in [-0.2, 0) is 11.3 Å². The second kappa shape index (κ2) is 10.5. The minimum Gasteiger partial charge on any atom is -0.494 e. The van der Waals surface area contributed by atoms with Crippen molar-refractivity contribution in [3.63, 3.8) is 0 Å². The molecule has 0 bridgehead atoms. The molecule has 3 aromatic carbocycles. The number of aryl methyl sites for hydroxylation is 2. The molecule has 1 amide bonds. The Labute approximate surface area is 191 Å². The van der Waals surface area contributed by atoms with Gasteiger partial charge in [-0.05, 0) is 49.2 Å². The van der Waals surface area contributed by atoms with Gasteiger partial charge in [-0.15, -0.1) is 10.2 Å². The molecule has 0 aliphatic heterocycles. The highest BCUT2D eigenvalue weighted by atomic mass is 16.5. The van der Waals surface area contributed by atoms with E-state index < -0.39 is 5.91 Å². The van der Waals surface area contributed by atoms with Gasteiger partial charge in [0.2, 0.25) is 5.88 Å². The largest absolute Gasteiger partial charge is 0.494 e. The molecule has 7 nitrogen and oxygen atoms in total. The fraction of sp³-hybridized carbons (Fsp3) is 0.192. The summed E-state index contributed by atoms with van der Waals surface area (Å²) in [7, 11) is 0. The summed E-state index contributed by atoms with van der Waals surface area (Å²) in [5.74, 6) is 0.826. The van der Waals surface area contributed by atoms with Crippen molar-refractivity contribution in [1.82, 2.24) is 4.57 Å². The first-order chi connectivity index (χ1) is 16.1. The highest BCUT2D eigenvalue weighted by molar-refractivity contribution is 5.95. The predicted octanol–water partition coefficient (Wildman–Crippen LogP) is 5.81. The Hall–Kier alpha value is -4.13. The van der Waals surface area contributed by atoms with Crippen molar-refractivity contribution in [2.24, 2.45) is 10.2 Å². The van der Waals surface area contributed by atoms with Crippen LogP contribution in [0.2, 0.25) is 0 Å². The van der Waals surface area contributed by atoms with Crippen molar-refractivity contribution in [3.8, 4) is 17.4 Å². The lowest BCUT2D eigenvalue weighted by atomic mass is 10.2. The number of aromatic nitrogens is 1. The molecule has 4 rings (SSSR count). The molecule has 33 heavy (non-hydrogen) atoms. The van der Waals surface area contributed by atoms with E-state index in [-0.39, 0.29) is 18.2 Å². The van der Waals surface area contributed by atoms with E-state index in [0.29, 0.717) is 25.3 Å². The molecule has 1 aromatic heterocycles. The molecule has 0 atom stereocenters. The number of amides is 1. The molecule has 0 unspecified atom stereocenters. The third-order valence-electron chi connectivity index (χ3n) is 5.07. The van der Waals surface area contributed by atoms with Crippen molar-refractivity contribution in [1.29, 1.82) is 0 Å². The van der Waals surface area contributed by atoms with Crippen LogP contribution in [-0.4, -0.2) is 28.8 Å². The lowest BCUT2D eigenvalue weighted by Crippen LogP contribution is -2.07. The highest BCUT2D eigenvalue weighted by Gasteiger charge is 2.16. The highest BCUT2D eigenvalue weighted by Crippen LogP contribution is 2.38. The number of fused-ring (bicyclic) bond motifs is 1. The number of ether oxygens (including phenoxy) is 2. The van der Waals surface area contributed by atoms with E-state index in [1.54, 1.807) is 10.6 Å². The van der Waals surface area contributed by atoms with Crippen molar-refractivity contribution in [2.75, 3.05) is 13.2 Å². The van der Waals surface area contributed by atoms with Gasteiger partial charge in [-0.3, -0.25) is 4.79 Å². The topological polar surface area (TPSA) is 85.4 Å². The average Bonchev–Trinajstić information content (AvgIpc) is 3.10. The van der Waals surface area contributed by atoms with E-state index >= 15 is 0 Å². The maximum Gasteiger partial charge on any atom is 0.302 e. The maximum absolute atomic E-state index is 12.2. The van der Waals surface area contributed by atoms with E-state index in [0.717, 1.165) is 22.2 Å². The Morgan fingerprint density at radius 1 is 0.939 bits per heavy atom. The summed E-state index contributed by atoms with van der Waals surface area (Å²) in [5, 5.41) is 19.3. The van der Waals surface area contributed by atoms with Gasteiger partial charge in [0.1, 0.15) is 11.5 Å². The number of azo groups is 1. The molecule has 0 saturated carbocycles. The SMILES string of the molecule is Cc1cccc(OCC(=O)N=Nc2c(O)n(CCCOc3ccccc3)c3ccccc23)c1. The maximum atomic E-state index is 12.2. The predicted molar refractivity (Wildman–Crippen MR) is 126 cm³/mol. The van der Waals surface area contributed by atoms with Gasteiger partial charge in [0, 0.05) is 11.9 Å². The minimum atomic E-state index is -0.538. The van der Waals surface area contributed by atoms with Gasteiger partial charge < -0.3 is 19.1 Å². The summed E-state index contributed by atoms with van der Waals surface area (Å²) in [6.45, 7) is 2.74. The van der Waals surface area contributed by atoms with Gasteiger partial charge in [-0.2, -0.15) is 0 Å². The van der Waals surface area contributed by atoms with Crippen LogP contribution in [0.3, 0.4) is 0 Å². The third kappa shape index (κ3) is 5.57. The van der Waals surface area contributed by atoms with Gasteiger partial charge in [0.05, 0.1) is 12.1 Å². The van der Waals surface area contributed by atoms with Crippen LogP contribution in [0.5, 0.6) is 17.4 Å². The minimum absolute atomic E-state index is 0.0351. The van der Waals surface area contributed by atoms with Gasteiger partial charge in [0.25, 0.3) is 0 Å². The van der Waals surface area contributed by atoms with E-state index in [1.807, 2.05) is 79.7 Å². The van der Waals surface area contributed by atoms with E-state index in [9.17, 15) is 9.90 Å². The Bertz CT molecular complexity index is 1270. The van der Waals surface area contributed by atoms with E-state index in [4.69, 9.17) is 9.47 Å². The first-order valence-corrected chi connectivity index (χ1v) is 10.7. The van der Waals surface area contributed by atoms with Crippen LogP contribution in [0.25, 0.3) is 10.9 Å². The summed E-state index contributed by atoms with van der Waals surface area (Å²) < 4.78 is 13.0. The summed E-state index contributed by atoms with van der Waals surface area (Å²) in [5.41, 5.74) is 2.11. The van der Waals surface area contributed by atoms with Crippen LogP contribution < -0.4 is 9.47 Å². The Morgan fingerprint density at radius 3 is 2.52 bits per heavy atom. The molecule has 0 aliphatic rings. The number of carbonyl (C=O) groups is 1. The van der Waals surface area contributed by atoms with Crippen molar-refractivity contribution < 1.29 is 19.4 Å².